The van der Waals surface area contributed by atoms with Gasteiger partial charge in [-0.3, -0.25) is 0 Å². The average Bonchev–Trinajstić information content (AvgIpc) is 2.46. The molecule has 0 aliphatic carbocycles. The third-order valence-corrected chi connectivity index (χ3v) is 3.64. The molecule has 0 unspecified atom stereocenters. The van der Waals surface area contributed by atoms with E-state index in [1.807, 2.05) is 12.4 Å². The molecule has 0 amide bonds. The monoisotopic (exact) mass is 206 g/mol. The van der Waals surface area contributed by atoms with Gasteiger partial charge in [0.15, 0.2) is 0 Å². The number of aromatic amines is 1. The number of aryl methyl sites for hydroxylation is 1. The molecule has 2 rings (SSSR count). The van der Waals surface area contributed by atoms with Gasteiger partial charge < -0.3 is 4.98 Å². The molecule has 2 aromatic rings. The lowest BCUT2D eigenvalue weighted by Gasteiger charge is -2.07. The predicted molar refractivity (Wildman–Crippen MR) is 66.9 cm³/mol. The van der Waals surface area contributed by atoms with Gasteiger partial charge in [-0.1, -0.05) is 11.7 Å². The summed E-state index contributed by atoms with van der Waals surface area (Å²) >= 11 is 0. The Hall–Kier alpha value is -1.22. The Bertz CT molecular complexity index is 576. The van der Waals surface area contributed by atoms with Gasteiger partial charge in [0.2, 0.25) is 0 Å². The highest BCUT2D eigenvalue weighted by Gasteiger charge is 2.03. The zero-order valence-corrected chi connectivity index (χ0v) is 9.32. The maximum atomic E-state index is 4.35. The zero-order chi connectivity index (χ0) is 10.3. The molecule has 0 fully saturated rings. The second-order valence-corrected chi connectivity index (χ2v) is 6.83. The number of H-pyrrole nitrogens is 1. The first-order chi connectivity index (χ1) is 6.48. The average molecular weight is 206 g/mol. The van der Waals surface area contributed by atoms with Gasteiger partial charge in [0.05, 0.1) is 0 Å². The van der Waals surface area contributed by atoms with E-state index < -0.39 is 9.21 Å². The number of hydrogen-bond donors (Lipinski definition) is 1. The SMILES string of the molecule is C=S(=C)(C)c1cnc2[nH]cc(C)c2c1. The molecule has 2 heterocycles. The first-order valence-corrected chi connectivity index (χ1v) is 6.74. The standard InChI is InChI=1S/C11H14N2S/c1-8-6-12-11-10(8)5-9(7-13-11)14(2,3)4/h5-7H,2-3H2,1,4H3,(H,12,13). The Morgan fingerprint density at radius 3 is 2.79 bits per heavy atom. The van der Waals surface area contributed by atoms with Crippen molar-refractivity contribution < 1.29 is 0 Å². The molecule has 0 atom stereocenters. The van der Waals surface area contributed by atoms with Crippen LogP contribution in [0.5, 0.6) is 0 Å². The van der Waals surface area contributed by atoms with Crippen LogP contribution in [-0.2, 0) is 0 Å². The van der Waals surface area contributed by atoms with Crippen molar-refractivity contribution in [1.29, 1.82) is 0 Å². The highest BCUT2D eigenvalue weighted by molar-refractivity contribution is 8.27. The van der Waals surface area contributed by atoms with Gasteiger partial charge in [0.25, 0.3) is 0 Å². The highest BCUT2D eigenvalue weighted by atomic mass is 32.2. The number of nitrogens with one attached hydrogen (secondary N) is 1. The Morgan fingerprint density at radius 1 is 1.43 bits per heavy atom. The summed E-state index contributed by atoms with van der Waals surface area (Å²) in [6.45, 7) is 2.07. The molecule has 2 nitrogen and oxygen atoms in total. The molecule has 2 aromatic heterocycles. The van der Waals surface area contributed by atoms with Gasteiger partial charge in [-0.05, 0) is 24.8 Å². The van der Waals surface area contributed by atoms with Crippen LogP contribution in [0, 0.1) is 6.92 Å². The van der Waals surface area contributed by atoms with Crippen molar-refractivity contribution in [2.24, 2.45) is 0 Å². The van der Waals surface area contributed by atoms with Crippen molar-refractivity contribution in [3.05, 3.63) is 24.0 Å². The fourth-order valence-corrected chi connectivity index (χ4v) is 2.09. The quantitative estimate of drug-likeness (QED) is 0.714. The summed E-state index contributed by atoms with van der Waals surface area (Å²) in [4.78, 5) is 8.62. The molecule has 0 aliphatic rings. The van der Waals surface area contributed by atoms with Crippen LogP contribution in [0.1, 0.15) is 5.56 Å². The lowest BCUT2D eigenvalue weighted by molar-refractivity contribution is 1.26. The van der Waals surface area contributed by atoms with Crippen LogP contribution in [0.4, 0.5) is 0 Å². The van der Waals surface area contributed by atoms with E-state index in [1.165, 1.54) is 10.9 Å². The van der Waals surface area contributed by atoms with Gasteiger partial charge in [0.1, 0.15) is 5.65 Å². The van der Waals surface area contributed by atoms with Crippen LogP contribution in [0.25, 0.3) is 11.0 Å². The van der Waals surface area contributed by atoms with Gasteiger partial charge in [0, 0.05) is 22.7 Å². The molecular formula is C11H14N2S. The van der Waals surface area contributed by atoms with E-state index in [4.69, 9.17) is 0 Å². The van der Waals surface area contributed by atoms with Crippen LogP contribution in [0.2, 0.25) is 0 Å². The van der Waals surface area contributed by atoms with Crippen molar-refractivity contribution >= 4 is 32.0 Å². The van der Waals surface area contributed by atoms with E-state index in [9.17, 15) is 0 Å². The summed E-state index contributed by atoms with van der Waals surface area (Å²) in [7, 11) is -1.17. The van der Waals surface area contributed by atoms with Crippen molar-refractivity contribution in [3.8, 4) is 0 Å². The molecule has 0 saturated heterocycles. The normalized spacial score (nSPS) is 12.1. The topological polar surface area (TPSA) is 28.7 Å². The van der Waals surface area contributed by atoms with Gasteiger partial charge in [-0.15, -0.1) is 0 Å². The first-order valence-electron chi connectivity index (χ1n) is 4.36. The van der Waals surface area contributed by atoms with Crippen LogP contribution in [-0.4, -0.2) is 28.0 Å². The summed E-state index contributed by atoms with van der Waals surface area (Å²) in [5.41, 5.74) is 2.16. The summed E-state index contributed by atoms with van der Waals surface area (Å²) in [5, 5.41) is 1.17. The molecule has 0 spiro atoms. The van der Waals surface area contributed by atoms with Gasteiger partial charge in [-0.2, -0.15) is 9.21 Å². The molecule has 14 heavy (non-hydrogen) atoms. The van der Waals surface area contributed by atoms with E-state index in [2.05, 4.69) is 41.0 Å². The number of rotatable bonds is 1. The third kappa shape index (κ3) is 1.44. The number of nitrogens with zero attached hydrogens (tertiary/aromatic N) is 1. The fourth-order valence-electron chi connectivity index (χ4n) is 1.39. The molecule has 3 heteroatoms. The smallest absolute Gasteiger partial charge is 0.137 e. The van der Waals surface area contributed by atoms with Gasteiger partial charge >= 0.3 is 0 Å². The molecule has 1 N–H and O–H groups in total. The predicted octanol–water partition coefficient (Wildman–Crippen LogP) is 2.53. The van der Waals surface area contributed by atoms with E-state index in [0.29, 0.717) is 0 Å². The summed E-state index contributed by atoms with van der Waals surface area (Å²) < 4.78 is 0. The number of aromatic nitrogens is 2. The van der Waals surface area contributed by atoms with Crippen LogP contribution >= 0.6 is 9.21 Å². The Morgan fingerprint density at radius 2 is 2.14 bits per heavy atom. The lowest BCUT2D eigenvalue weighted by atomic mass is 10.2. The van der Waals surface area contributed by atoms with Crippen molar-refractivity contribution in [2.75, 3.05) is 6.26 Å². The molecule has 0 radical (unpaired) electrons. The lowest BCUT2D eigenvalue weighted by Crippen LogP contribution is -1.82. The minimum atomic E-state index is -1.17. The summed E-state index contributed by atoms with van der Waals surface area (Å²) in [5.74, 6) is 8.17. The maximum Gasteiger partial charge on any atom is 0.137 e. The van der Waals surface area contributed by atoms with E-state index >= 15 is 0 Å². The maximum absolute atomic E-state index is 4.35. The molecule has 0 saturated carbocycles. The van der Waals surface area contributed by atoms with E-state index in [0.717, 1.165) is 10.5 Å². The fraction of sp³-hybridized carbons (Fsp3) is 0.182. The Labute approximate surface area is 84.5 Å². The van der Waals surface area contributed by atoms with E-state index in [1.54, 1.807) is 0 Å². The zero-order valence-electron chi connectivity index (χ0n) is 8.50. The van der Waals surface area contributed by atoms with Crippen molar-refractivity contribution in [3.63, 3.8) is 0 Å². The second-order valence-electron chi connectivity index (χ2n) is 3.81. The summed E-state index contributed by atoms with van der Waals surface area (Å²) in [6.07, 6.45) is 5.91. The molecule has 74 valence electrons. The number of pyridine rings is 1. The van der Waals surface area contributed by atoms with Crippen LogP contribution in [0.3, 0.4) is 0 Å². The van der Waals surface area contributed by atoms with Crippen LogP contribution < -0.4 is 0 Å². The minimum absolute atomic E-state index is 0.940. The Kier molecular flexibility index (Phi) is 1.93. The van der Waals surface area contributed by atoms with Crippen LogP contribution in [0.15, 0.2) is 23.4 Å². The third-order valence-electron chi connectivity index (χ3n) is 2.28. The van der Waals surface area contributed by atoms with Crippen molar-refractivity contribution in [1.82, 2.24) is 9.97 Å². The first kappa shape index (κ1) is 9.34. The molecular weight excluding hydrogens is 192 g/mol. The second kappa shape index (κ2) is 2.89. The number of hydrogen-bond acceptors (Lipinski definition) is 1. The van der Waals surface area contributed by atoms with E-state index in [-0.39, 0.29) is 0 Å². The van der Waals surface area contributed by atoms with Gasteiger partial charge in [-0.25, -0.2) is 4.98 Å². The summed E-state index contributed by atoms with van der Waals surface area (Å²) in [6, 6.07) is 2.14. The number of fused-ring (bicyclic) bond motifs is 1. The highest BCUT2D eigenvalue weighted by Crippen LogP contribution is 2.29. The molecule has 0 aliphatic heterocycles. The Balaban J connectivity index is 2.79. The molecule has 0 aromatic carbocycles. The largest absolute Gasteiger partial charge is 0.346 e. The van der Waals surface area contributed by atoms with Crippen molar-refractivity contribution in [2.45, 2.75) is 11.8 Å². The molecule has 0 bridgehead atoms. The minimum Gasteiger partial charge on any atom is -0.346 e.